The highest BCUT2D eigenvalue weighted by Crippen LogP contribution is 2.22. The number of hydrazine groups is 1. The maximum absolute atomic E-state index is 13.4. The average Bonchev–Trinajstić information content (AvgIpc) is 2.40. The normalized spacial score (nSPS) is 12.9. The lowest BCUT2D eigenvalue weighted by Crippen LogP contribution is -2.48. The first-order chi connectivity index (χ1) is 9.13. The summed E-state index contributed by atoms with van der Waals surface area (Å²) < 4.78 is 24.3. The van der Waals surface area contributed by atoms with Crippen LogP contribution in [0.25, 0.3) is 0 Å². The summed E-state index contributed by atoms with van der Waals surface area (Å²) >= 11 is 5.93. The van der Waals surface area contributed by atoms with Crippen molar-refractivity contribution in [3.8, 4) is 0 Å². The van der Waals surface area contributed by atoms with Crippen LogP contribution in [0, 0.1) is 5.82 Å². The highest BCUT2D eigenvalue weighted by Gasteiger charge is 2.23. The summed E-state index contributed by atoms with van der Waals surface area (Å²) in [4.78, 5) is 0. The Hall–Kier alpha value is -0.720. The third-order valence-corrected chi connectivity index (χ3v) is 3.10. The minimum absolute atomic E-state index is 0.106. The van der Waals surface area contributed by atoms with Gasteiger partial charge in [0.2, 0.25) is 0 Å². The van der Waals surface area contributed by atoms with Gasteiger partial charge in [0.05, 0.1) is 11.1 Å². The number of hydrogen-bond donors (Lipinski definition) is 2. The van der Waals surface area contributed by atoms with Crippen LogP contribution in [0.3, 0.4) is 0 Å². The van der Waals surface area contributed by atoms with Crippen molar-refractivity contribution in [2.45, 2.75) is 32.6 Å². The fourth-order valence-corrected chi connectivity index (χ4v) is 1.99. The Morgan fingerprint density at radius 3 is 2.47 bits per heavy atom. The van der Waals surface area contributed by atoms with Crippen molar-refractivity contribution in [1.29, 1.82) is 0 Å². The minimum Gasteiger partial charge on any atom is -0.351 e. The van der Waals surface area contributed by atoms with Gasteiger partial charge in [0.1, 0.15) is 5.82 Å². The van der Waals surface area contributed by atoms with Crippen molar-refractivity contribution in [3.05, 3.63) is 34.6 Å². The summed E-state index contributed by atoms with van der Waals surface area (Å²) in [5.41, 5.74) is 3.30. The van der Waals surface area contributed by atoms with E-state index in [1.807, 2.05) is 13.8 Å². The van der Waals surface area contributed by atoms with E-state index in [-0.39, 0.29) is 11.1 Å². The maximum atomic E-state index is 13.4. The predicted molar refractivity (Wildman–Crippen MR) is 73.3 cm³/mol. The molecule has 0 fully saturated rings. The van der Waals surface area contributed by atoms with Crippen molar-refractivity contribution >= 4 is 11.6 Å². The van der Waals surface area contributed by atoms with Crippen LogP contribution in [0.5, 0.6) is 0 Å². The molecule has 1 atom stereocenters. The van der Waals surface area contributed by atoms with Crippen LogP contribution in [-0.2, 0) is 15.9 Å². The van der Waals surface area contributed by atoms with E-state index in [0.717, 1.165) is 0 Å². The summed E-state index contributed by atoms with van der Waals surface area (Å²) in [6, 6.07) is 4.38. The SMILES string of the molecule is CCOC(OCC)C(Cc1cccc(F)c1Cl)NN. The topological polar surface area (TPSA) is 56.5 Å². The van der Waals surface area contributed by atoms with E-state index in [1.54, 1.807) is 12.1 Å². The first-order valence-corrected chi connectivity index (χ1v) is 6.64. The van der Waals surface area contributed by atoms with Crippen LogP contribution < -0.4 is 11.3 Å². The molecule has 108 valence electrons. The molecule has 0 bridgehead atoms. The van der Waals surface area contributed by atoms with Gasteiger partial charge < -0.3 is 9.47 Å². The van der Waals surface area contributed by atoms with Crippen molar-refractivity contribution in [1.82, 2.24) is 5.43 Å². The molecule has 0 aliphatic rings. The third-order valence-electron chi connectivity index (χ3n) is 2.68. The van der Waals surface area contributed by atoms with E-state index in [2.05, 4.69) is 5.43 Å². The molecule has 1 aromatic carbocycles. The Morgan fingerprint density at radius 1 is 1.32 bits per heavy atom. The van der Waals surface area contributed by atoms with Crippen molar-refractivity contribution in [2.75, 3.05) is 13.2 Å². The second-order valence-corrected chi connectivity index (χ2v) is 4.35. The summed E-state index contributed by atoms with van der Waals surface area (Å²) in [6.45, 7) is 4.74. The van der Waals surface area contributed by atoms with Crippen LogP contribution in [0.4, 0.5) is 4.39 Å². The first-order valence-electron chi connectivity index (χ1n) is 6.26. The fourth-order valence-electron chi connectivity index (χ4n) is 1.79. The highest BCUT2D eigenvalue weighted by atomic mass is 35.5. The fraction of sp³-hybridized carbons (Fsp3) is 0.538. The number of nitrogens with one attached hydrogen (secondary N) is 1. The monoisotopic (exact) mass is 290 g/mol. The summed E-state index contributed by atoms with van der Waals surface area (Å²) in [7, 11) is 0. The minimum atomic E-state index is -0.501. The van der Waals surface area contributed by atoms with Crippen LogP contribution in [0.15, 0.2) is 18.2 Å². The van der Waals surface area contributed by atoms with Crippen molar-refractivity contribution in [2.24, 2.45) is 5.84 Å². The Balaban J connectivity index is 2.82. The van der Waals surface area contributed by atoms with E-state index in [1.165, 1.54) is 6.07 Å². The van der Waals surface area contributed by atoms with Gasteiger partial charge in [-0.2, -0.15) is 0 Å². The average molecular weight is 291 g/mol. The molecule has 0 saturated carbocycles. The van der Waals surface area contributed by atoms with E-state index < -0.39 is 12.1 Å². The second kappa shape index (κ2) is 8.45. The van der Waals surface area contributed by atoms with Gasteiger partial charge in [-0.05, 0) is 31.9 Å². The van der Waals surface area contributed by atoms with Gasteiger partial charge in [-0.3, -0.25) is 11.3 Å². The van der Waals surface area contributed by atoms with Crippen molar-refractivity contribution in [3.63, 3.8) is 0 Å². The number of halogens is 2. The lowest BCUT2D eigenvalue weighted by Gasteiger charge is -2.26. The zero-order valence-corrected chi connectivity index (χ0v) is 11.9. The number of benzene rings is 1. The molecule has 1 aromatic rings. The van der Waals surface area contributed by atoms with Gasteiger partial charge in [-0.25, -0.2) is 4.39 Å². The van der Waals surface area contributed by atoms with Gasteiger partial charge >= 0.3 is 0 Å². The van der Waals surface area contributed by atoms with Crippen LogP contribution in [-0.4, -0.2) is 25.5 Å². The predicted octanol–water partition coefficient (Wildman–Crippen LogP) is 2.25. The lowest BCUT2D eigenvalue weighted by atomic mass is 10.1. The molecule has 0 spiro atoms. The molecule has 1 unspecified atom stereocenters. The molecule has 0 aromatic heterocycles. The molecule has 0 saturated heterocycles. The van der Waals surface area contributed by atoms with Gasteiger partial charge in [0, 0.05) is 13.2 Å². The maximum Gasteiger partial charge on any atom is 0.174 e. The molecule has 3 N–H and O–H groups in total. The van der Waals surface area contributed by atoms with Crippen molar-refractivity contribution < 1.29 is 13.9 Å². The summed E-state index contributed by atoms with van der Waals surface area (Å²) in [5.74, 6) is 5.08. The third kappa shape index (κ3) is 4.71. The Labute approximate surface area is 118 Å². The Morgan fingerprint density at radius 2 is 1.95 bits per heavy atom. The number of nitrogens with two attached hydrogens (primary N) is 1. The number of ether oxygens (including phenoxy) is 2. The van der Waals surface area contributed by atoms with Gasteiger partial charge in [-0.1, -0.05) is 23.7 Å². The van der Waals surface area contributed by atoms with Crippen LogP contribution >= 0.6 is 11.6 Å². The molecular formula is C13H20ClFN2O2. The first kappa shape index (κ1) is 16.3. The zero-order chi connectivity index (χ0) is 14.3. The quantitative estimate of drug-likeness (QED) is 0.438. The molecular weight excluding hydrogens is 271 g/mol. The lowest BCUT2D eigenvalue weighted by molar-refractivity contribution is -0.153. The summed E-state index contributed by atoms with van der Waals surface area (Å²) in [5, 5.41) is 0.106. The number of rotatable bonds is 8. The largest absolute Gasteiger partial charge is 0.351 e. The molecule has 4 nitrogen and oxygen atoms in total. The molecule has 0 amide bonds. The van der Waals surface area contributed by atoms with Crippen LogP contribution in [0.2, 0.25) is 5.02 Å². The standard InChI is InChI=1S/C13H20ClFN2O2/c1-3-18-13(19-4-2)11(17-16)8-9-6-5-7-10(15)12(9)14/h5-7,11,13,17H,3-4,8,16H2,1-2H3. The number of hydrogen-bond acceptors (Lipinski definition) is 4. The molecule has 19 heavy (non-hydrogen) atoms. The second-order valence-electron chi connectivity index (χ2n) is 3.97. The van der Waals surface area contributed by atoms with E-state index >= 15 is 0 Å². The zero-order valence-electron chi connectivity index (χ0n) is 11.2. The molecule has 6 heteroatoms. The highest BCUT2D eigenvalue weighted by molar-refractivity contribution is 6.31. The van der Waals surface area contributed by atoms with Gasteiger partial charge in [0.25, 0.3) is 0 Å². The van der Waals surface area contributed by atoms with E-state index in [9.17, 15) is 4.39 Å². The van der Waals surface area contributed by atoms with Crippen LogP contribution in [0.1, 0.15) is 19.4 Å². The molecule has 0 radical (unpaired) electrons. The van der Waals surface area contributed by atoms with E-state index in [4.69, 9.17) is 26.9 Å². The molecule has 0 aliphatic heterocycles. The Bertz CT molecular complexity index is 387. The Kier molecular flexibility index (Phi) is 7.27. The van der Waals surface area contributed by atoms with Gasteiger partial charge in [-0.15, -0.1) is 0 Å². The smallest absolute Gasteiger partial charge is 0.174 e. The summed E-state index contributed by atoms with van der Waals surface area (Å²) in [6.07, 6.45) is -0.0862. The van der Waals surface area contributed by atoms with E-state index in [0.29, 0.717) is 25.2 Å². The molecule has 1 rings (SSSR count). The van der Waals surface area contributed by atoms with Gasteiger partial charge in [0.15, 0.2) is 6.29 Å². The molecule has 0 heterocycles. The molecule has 0 aliphatic carbocycles.